The van der Waals surface area contributed by atoms with Gasteiger partial charge >= 0.3 is 0 Å². The Bertz CT molecular complexity index is 1050. The fourth-order valence-electron chi connectivity index (χ4n) is 2.68. The summed E-state index contributed by atoms with van der Waals surface area (Å²) in [5.41, 5.74) is 7.70. The average molecular weight is 348 g/mol. The Morgan fingerprint density at radius 2 is 2.19 bits per heavy atom. The third-order valence-electron chi connectivity index (χ3n) is 3.94. The van der Waals surface area contributed by atoms with Gasteiger partial charge in [-0.25, -0.2) is 9.97 Å². The van der Waals surface area contributed by atoms with Crippen LogP contribution in [-0.4, -0.2) is 25.4 Å². The van der Waals surface area contributed by atoms with E-state index in [1.54, 1.807) is 12.4 Å². The summed E-state index contributed by atoms with van der Waals surface area (Å²) in [6.45, 7) is 0.482. The molecule has 1 amide bonds. The summed E-state index contributed by atoms with van der Waals surface area (Å²) in [5.74, 6) is 0.806. The molecule has 0 saturated carbocycles. The Morgan fingerprint density at radius 3 is 3.00 bits per heavy atom. The van der Waals surface area contributed by atoms with Crippen molar-refractivity contribution in [1.82, 2.24) is 19.5 Å². The van der Waals surface area contributed by atoms with E-state index in [1.165, 1.54) is 6.39 Å². The number of anilines is 2. The zero-order chi connectivity index (χ0) is 17.9. The van der Waals surface area contributed by atoms with E-state index >= 15 is 0 Å². The normalized spacial score (nSPS) is 10.9. The summed E-state index contributed by atoms with van der Waals surface area (Å²) in [6.07, 6.45) is 6.93. The molecule has 0 saturated heterocycles. The molecule has 0 aliphatic heterocycles. The molecule has 3 N–H and O–H groups in total. The summed E-state index contributed by atoms with van der Waals surface area (Å²) in [6, 6.07) is 9.60. The Hall–Kier alpha value is -3.68. The first-order valence-electron chi connectivity index (χ1n) is 8.05. The Morgan fingerprint density at radius 1 is 1.27 bits per heavy atom. The molecule has 3 aromatic heterocycles. The van der Waals surface area contributed by atoms with Gasteiger partial charge in [0.2, 0.25) is 11.9 Å². The molecule has 0 fully saturated rings. The lowest BCUT2D eigenvalue weighted by Gasteiger charge is -2.07. The third kappa shape index (κ3) is 3.25. The second-order valence-corrected chi connectivity index (χ2v) is 5.77. The predicted molar refractivity (Wildman–Crippen MR) is 96.6 cm³/mol. The zero-order valence-electron chi connectivity index (χ0n) is 13.8. The first-order valence-corrected chi connectivity index (χ1v) is 8.05. The molecule has 0 unspecified atom stereocenters. The van der Waals surface area contributed by atoms with Gasteiger partial charge in [-0.2, -0.15) is 4.98 Å². The number of hydrogen-bond donors (Lipinski definition) is 2. The number of oxazole rings is 1. The van der Waals surface area contributed by atoms with Crippen LogP contribution in [0, 0.1) is 0 Å². The lowest BCUT2D eigenvalue weighted by molar-refractivity contribution is -0.118. The molecule has 3 heterocycles. The Balaban J connectivity index is 1.60. The van der Waals surface area contributed by atoms with Gasteiger partial charge in [-0.15, -0.1) is 0 Å². The number of benzene rings is 1. The summed E-state index contributed by atoms with van der Waals surface area (Å²) in [7, 11) is 0. The van der Waals surface area contributed by atoms with Gasteiger partial charge in [0.1, 0.15) is 5.65 Å². The van der Waals surface area contributed by atoms with Crippen molar-refractivity contribution in [1.29, 1.82) is 0 Å². The number of aryl methyl sites for hydroxylation is 1. The third-order valence-corrected chi connectivity index (χ3v) is 3.94. The highest BCUT2D eigenvalue weighted by atomic mass is 16.3. The lowest BCUT2D eigenvalue weighted by atomic mass is 10.1. The van der Waals surface area contributed by atoms with Gasteiger partial charge in [-0.3, -0.25) is 4.79 Å². The maximum absolute atomic E-state index is 11.0. The topological polar surface area (TPSA) is 112 Å². The van der Waals surface area contributed by atoms with Crippen LogP contribution in [0.1, 0.15) is 6.42 Å². The molecule has 130 valence electrons. The lowest BCUT2D eigenvalue weighted by Crippen LogP contribution is -2.13. The molecule has 0 aliphatic rings. The smallest absolute Gasteiger partial charge is 0.229 e. The van der Waals surface area contributed by atoms with E-state index < -0.39 is 0 Å². The fraction of sp³-hybridized carbons (Fsp3) is 0.111. The summed E-state index contributed by atoms with van der Waals surface area (Å²) >= 11 is 0. The van der Waals surface area contributed by atoms with Crippen molar-refractivity contribution in [2.75, 3.05) is 5.32 Å². The first-order chi connectivity index (χ1) is 12.7. The van der Waals surface area contributed by atoms with E-state index in [9.17, 15) is 4.79 Å². The van der Waals surface area contributed by atoms with Crippen LogP contribution in [0.2, 0.25) is 0 Å². The molecule has 8 heteroatoms. The molecule has 26 heavy (non-hydrogen) atoms. The van der Waals surface area contributed by atoms with Crippen molar-refractivity contribution in [3.8, 4) is 11.3 Å². The van der Waals surface area contributed by atoms with Crippen molar-refractivity contribution in [2.24, 2.45) is 5.73 Å². The quantitative estimate of drug-likeness (QED) is 0.554. The van der Waals surface area contributed by atoms with Gasteiger partial charge in [-0.1, -0.05) is 12.1 Å². The molecule has 4 rings (SSSR count). The predicted octanol–water partition coefficient (Wildman–Crippen LogP) is 2.71. The van der Waals surface area contributed by atoms with Crippen molar-refractivity contribution in [3.63, 3.8) is 0 Å². The van der Waals surface area contributed by atoms with Crippen LogP contribution in [0.5, 0.6) is 0 Å². The molecule has 0 atom stereocenters. The summed E-state index contributed by atoms with van der Waals surface area (Å²) in [5, 5.41) is 4.09. The van der Waals surface area contributed by atoms with E-state index in [1.807, 2.05) is 41.1 Å². The Kier molecular flexibility index (Phi) is 4.06. The number of primary amides is 1. The van der Waals surface area contributed by atoms with Crippen LogP contribution in [0.15, 0.2) is 59.7 Å². The fourth-order valence-corrected chi connectivity index (χ4v) is 2.68. The van der Waals surface area contributed by atoms with Gasteiger partial charge in [0.05, 0.1) is 6.20 Å². The number of hydrogen-bond acceptors (Lipinski definition) is 6. The zero-order valence-corrected chi connectivity index (χ0v) is 13.8. The van der Waals surface area contributed by atoms with Crippen LogP contribution in [0.3, 0.4) is 0 Å². The van der Waals surface area contributed by atoms with Crippen LogP contribution in [-0.2, 0) is 11.3 Å². The minimum atomic E-state index is -0.344. The van der Waals surface area contributed by atoms with Crippen LogP contribution in [0.4, 0.5) is 11.6 Å². The summed E-state index contributed by atoms with van der Waals surface area (Å²) in [4.78, 5) is 23.8. The van der Waals surface area contributed by atoms with Gasteiger partial charge < -0.3 is 20.0 Å². The highest BCUT2D eigenvalue weighted by molar-refractivity contribution is 5.78. The van der Waals surface area contributed by atoms with Crippen LogP contribution >= 0.6 is 0 Å². The van der Waals surface area contributed by atoms with Gasteiger partial charge in [-0.05, 0) is 18.2 Å². The van der Waals surface area contributed by atoms with E-state index in [2.05, 4.69) is 20.3 Å². The molecule has 8 nitrogen and oxygen atoms in total. The minimum absolute atomic E-state index is 0.260. The maximum atomic E-state index is 11.0. The highest BCUT2D eigenvalue weighted by Gasteiger charge is 2.08. The number of nitrogens with two attached hydrogens (primary N) is 1. The molecular weight excluding hydrogens is 332 g/mol. The number of carbonyl (C=O) groups excluding carboxylic acids is 1. The van der Waals surface area contributed by atoms with Crippen molar-refractivity contribution < 1.29 is 9.21 Å². The molecule has 1 aromatic carbocycles. The number of carbonyl (C=O) groups is 1. The second-order valence-electron chi connectivity index (χ2n) is 5.77. The van der Waals surface area contributed by atoms with Gasteiger partial charge in [0.25, 0.3) is 0 Å². The minimum Gasteiger partial charge on any atom is -0.444 e. The number of amides is 1. The second kappa shape index (κ2) is 6.67. The molecule has 0 radical (unpaired) electrons. The van der Waals surface area contributed by atoms with Gasteiger partial charge in [0, 0.05) is 42.0 Å². The highest BCUT2D eigenvalue weighted by Crippen LogP contribution is 2.24. The number of fused-ring (bicyclic) bond motifs is 1. The average Bonchev–Trinajstić information content (AvgIpc) is 3.30. The number of aromatic nitrogens is 4. The van der Waals surface area contributed by atoms with Crippen LogP contribution in [0.25, 0.3) is 22.4 Å². The monoisotopic (exact) mass is 348 g/mol. The van der Waals surface area contributed by atoms with Gasteiger partial charge in [0.15, 0.2) is 12.2 Å². The molecule has 0 aliphatic carbocycles. The maximum Gasteiger partial charge on any atom is 0.229 e. The largest absolute Gasteiger partial charge is 0.444 e. The molecule has 4 aromatic rings. The van der Waals surface area contributed by atoms with Crippen molar-refractivity contribution in [3.05, 3.63) is 55.3 Å². The van der Waals surface area contributed by atoms with Crippen molar-refractivity contribution >= 4 is 28.6 Å². The van der Waals surface area contributed by atoms with E-state index in [0.29, 0.717) is 18.3 Å². The van der Waals surface area contributed by atoms with Crippen LogP contribution < -0.4 is 11.1 Å². The summed E-state index contributed by atoms with van der Waals surface area (Å²) < 4.78 is 7.21. The van der Waals surface area contributed by atoms with E-state index in [0.717, 1.165) is 22.3 Å². The number of nitrogens with one attached hydrogen (secondary N) is 1. The number of rotatable bonds is 6. The standard InChI is InChI=1S/C18H16N6O2/c19-16(25)5-7-24-6-4-13-9-21-18(23-17(13)24)22-14-3-1-2-12(8-14)15-10-20-11-26-15/h1-4,6,8-11H,5,7H2,(H2,19,25)(H,21,22,23). The Labute approximate surface area is 148 Å². The molecule has 0 spiro atoms. The number of nitrogens with zero attached hydrogens (tertiary/aromatic N) is 4. The van der Waals surface area contributed by atoms with E-state index in [-0.39, 0.29) is 12.3 Å². The SMILES string of the molecule is NC(=O)CCn1ccc2cnc(Nc3cccc(-c4cnco4)c3)nc21. The first kappa shape index (κ1) is 15.8. The molecule has 0 bridgehead atoms. The van der Waals surface area contributed by atoms with Crippen molar-refractivity contribution in [2.45, 2.75) is 13.0 Å². The molecular formula is C18H16N6O2. The van der Waals surface area contributed by atoms with E-state index in [4.69, 9.17) is 10.2 Å².